The number of nitrogens with zero attached hydrogens (tertiary/aromatic N) is 3. The number of hydrogen-bond donors (Lipinski definition) is 3. The van der Waals surface area contributed by atoms with Gasteiger partial charge in [-0.15, -0.1) is 0 Å². The lowest BCUT2D eigenvalue weighted by molar-refractivity contribution is 0.0697. The molecule has 0 saturated carbocycles. The monoisotopic (exact) mass is 275 g/mol. The molecule has 1 fully saturated rings. The molecule has 3 rings (SSSR count). The predicted molar refractivity (Wildman–Crippen MR) is 75.0 cm³/mol. The van der Waals surface area contributed by atoms with Gasteiger partial charge in [-0.25, -0.2) is 9.78 Å². The first kappa shape index (κ1) is 12.9. The van der Waals surface area contributed by atoms with Gasteiger partial charge in [0.1, 0.15) is 5.56 Å². The third kappa shape index (κ3) is 2.20. The van der Waals surface area contributed by atoms with E-state index in [0.717, 1.165) is 31.3 Å². The maximum atomic E-state index is 11.4. The highest BCUT2D eigenvalue weighted by molar-refractivity contribution is 6.03. The maximum Gasteiger partial charge on any atom is 0.339 e. The van der Waals surface area contributed by atoms with E-state index < -0.39 is 5.97 Å². The molecule has 0 atom stereocenters. The van der Waals surface area contributed by atoms with Crippen molar-refractivity contribution in [1.82, 2.24) is 20.1 Å². The van der Waals surface area contributed by atoms with Gasteiger partial charge in [0.15, 0.2) is 5.65 Å². The summed E-state index contributed by atoms with van der Waals surface area (Å²) in [6.07, 6.45) is 5.01. The Balaban J connectivity index is 2.04. The first-order valence-electron chi connectivity index (χ1n) is 6.68. The van der Waals surface area contributed by atoms with Crippen molar-refractivity contribution in [3.05, 3.63) is 18.0 Å². The SMILES string of the molecule is Cn1ncc2c(NC3CCNCC3)c(C(=O)O)cnc21. The number of hydrogen-bond acceptors (Lipinski definition) is 5. The van der Waals surface area contributed by atoms with Crippen molar-refractivity contribution in [1.29, 1.82) is 0 Å². The third-order valence-electron chi connectivity index (χ3n) is 3.68. The summed E-state index contributed by atoms with van der Waals surface area (Å²) in [6.45, 7) is 1.89. The lowest BCUT2D eigenvalue weighted by atomic mass is 10.0. The molecule has 2 aromatic rings. The summed E-state index contributed by atoms with van der Waals surface area (Å²) in [7, 11) is 1.80. The highest BCUT2D eigenvalue weighted by atomic mass is 16.4. The van der Waals surface area contributed by atoms with E-state index in [9.17, 15) is 9.90 Å². The number of carboxylic acids is 1. The van der Waals surface area contributed by atoms with Crippen LogP contribution >= 0.6 is 0 Å². The molecule has 0 aromatic carbocycles. The normalized spacial score (nSPS) is 16.4. The molecule has 1 aliphatic rings. The highest BCUT2D eigenvalue weighted by Crippen LogP contribution is 2.27. The van der Waals surface area contributed by atoms with Crippen LogP contribution in [0.3, 0.4) is 0 Å². The van der Waals surface area contributed by atoms with E-state index >= 15 is 0 Å². The van der Waals surface area contributed by atoms with E-state index in [0.29, 0.717) is 11.3 Å². The van der Waals surface area contributed by atoms with Crippen LogP contribution in [0.15, 0.2) is 12.4 Å². The molecule has 1 saturated heterocycles. The van der Waals surface area contributed by atoms with Crippen molar-refractivity contribution >= 4 is 22.7 Å². The number of carbonyl (C=O) groups is 1. The fourth-order valence-corrected chi connectivity index (χ4v) is 2.58. The quantitative estimate of drug-likeness (QED) is 0.768. The van der Waals surface area contributed by atoms with Crippen LogP contribution in [-0.2, 0) is 7.05 Å². The van der Waals surface area contributed by atoms with Gasteiger partial charge in [0.05, 0.1) is 17.3 Å². The Morgan fingerprint density at radius 1 is 1.45 bits per heavy atom. The second kappa shape index (κ2) is 5.09. The molecule has 0 spiro atoms. The van der Waals surface area contributed by atoms with Gasteiger partial charge in [0, 0.05) is 19.3 Å². The van der Waals surface area contributed by atoms with Gasteiger partial charge >= 0.3 is 5.97 Å². The summed E-state index contributed by atoms with van der Waals surface area (Å²) in [5.41, 5.74) is 1.51. The van der Waals surface area contributed by atoms with E-state index in [4.69, 9.17) is 0 Å². The molecule has 106 valence electrons. The minimum absolute atomic E-state index is 0.198. The second-order valence-corrected chi connectivity index (χ2v) is 5.03. The van der Waals surface area contributed by atoms with Crippen LogP contribution in [0.5, 0.6) is 0 Å². The number of aromatic carboxylic acids is 1. The first-order valence-corrected chi connectivity index (χ1v) is 6.68. The van der Waals surface area contributed by atoms with Crippen LogP contribution in [0.2, 0.25) is 0 Å². The van der Waals surface area contributed by atoms with Gasteiger partial charge in [-0.3, -0.25) is 4.68 Å². The molecule has 0 unspecified atom stereocenters. The Hall–Kier alpha value is -2.15. The van der Waals surface area contributed by atoms with Crippen LogP contribution in [0, 0.1) is 0 Å². The van der Waals surface area contributed by atoms with Crippen LogP contribution in [-0.4, -0.2) is 45.0 Å². The maximum absolute atomic E-state index is 11.4. The minimum atomic E-state index is -0.973. The molecule has 0 radical (unpaired) electrons. The first-order chi connectivity index (χ1) is 9.66. The smallest absolute Gasteiger partial charge is 0.339 e. The van der Waals surface area contributed by atoms with Crippen LogP contribution < -0.4 is 10.6 Å². The molecular weight excluding hydrogens is 258 g/mol. The summed E-state index contributed by atoms with van der Waals surface area (Å²) >= 11 is 0. The Kier molecular flexibility index (Phi) is 3.27. The number of anilines is 1. The number of fused-ring (bicyclic) bond motifs is 1. The predicted octanol–water partition coefficient (Wildman–Crippen LogP) is 0.830. The zero-order valence-corrected chi connectivity index (χ0v) is 11.3. The number of piperidine rings is 1. The Morgan fingerprint density at radius 3 is 2.90 bits per heavy atom. The molecule has 7 nitrogen and oxygen atoms in total. The van der Waals surface area contributed by atoms with Crippen molar-refractivity contribution < 1.29 is 9.90 Å². The van der Waals surface area contributed by atoms with Gasteiger partial charge in [0.2, 0.25) is 0 Å². The summed E-state index contributed by atoms with van der Waals surface area (Å²) in [5, 5.41) is 20.9. The van der Waals surface area contributed by atoms with Crippen molar-refractivity contribution in [3.63, 3.8) is 0 Å². The van der Waals surface area contributed by atoms with E-state index in [-0.39, 0.29) is 11.6 Å². The molecule has 7 heteroatoms. The average molecular weight is 275 g/mol. The van der Waals surface area contributed by atoms with Crippen molar-refractivity contribution in [2.24, 2.45) is 7.05 Å². The number of aromatic nitrogens is 3. The van der Waals surface area contributed by atoms with E-state index in [1.807, 2.05) is 0 Å². The van der Waals surface area contributed by atoms with E-state index in [1.54, 1.807) is 17.9 Å². The largest absolute Gasteiger partial charge is 0.478 e. The summed E-state index contributed by atoms with van der Waals surface area (Å²) in [6, 6.07) is 0.278. The van der Waals surface area contributed by atoms with Gasteiger partial charge in [0.25, 0.3) is 0 Å². The van der Waals surface area contributed by atoms with Crippen LogP contribution in [0.4, 0.5) is 5.69 Å². The van der Waals surface area contributed by atoms with Crippen molar-refractivity contribution in [2.45, 2.75) is 18.9 Å². The number of nitrogens with one attached hydrogen (secondary N) is 2. The molecular formula is C13H17N5O2. The molecule has 0 amide bonds. The Morgan fingerprint density at radius 2 is 2.20 bits per heavy atom. The number of pyridine rings is 1. The molecule has 0 bridgehead atoms. The van der Waals surface area contributed by atoms with Gasteiger partial charge in [-0.2, -0.15) is 5.10 Å². The number of aryl methyl sites for hydroxylation is 1. The van der Waals surface area contributed by atoms with Crippen LogP contribution in [0.25, 0.3) is 11.0 Å². The van der Waals surface area contributed by atoms with Gasteiger partial charge < -0.3 is 15.7 Å². The van der Waals surface area contributed by atoms with Crippen LogP contribution in [0.1, 0.15) is 23.2 Å². The molecule has 1 aliphatic heterocycles. The van der Waals surface area contributed by atoms with Crippen molar-refractivity contribution in [3.8, 4) is 0 Å². The topological polar surface area (TPSA) is 92.1 Å². The van der Waals surface area contributed by atoms with Gasteiger partial charge in [-0.1, -0.05) is 0 Å². The molecule has 3 N–H and O–H groups in total. The summed E-state index contributed by atoms with van der Waals surface area (Å²) < 4.78 is 1.65. The molecule has 20 heavy (non-hydrogen) atoms. The Labute approximate surface area is 116 Å². The third-order valence-corrected chi connectivity index (χ3v) is 3.68. The lowest BCUT2D eigenvalue weighted by Gasteiger charge is -2.25. The summed E-state index contributed by atoms with van der Waals surface area (Å²) in [4.78, 5) is 15.6. The summed E-state index contributed by atoms with van der Waals surface area (Å²) in [5.74, 6) is -0.973. The minimum Gasteiger partial charge on any atom is -0.478 e. The molecule has 2 aromatic heterocycles. The molecule has 0 aliphatic carbocycles. The fraction of sp³-hybridized carbons (Fsp3) is 0.462. The van der Waals surface area contributed by atoms with E-state index in [2.05, 4.69) is 20.7 Å². The number of carboxylic acid groups (broad SMARTS) is 1. The number of rotatable bonds is 3. The molecule has 3 heterocycles. The zero-order valence-electron chi connectivity index (χ0n) is 11.3. The second-order valence-electron chi connectivity index (χ2n) is 5.03. The van der Waals surface area contributed by atoms with E-state index in [1.165, 1.54) is 6.20 Å². The average Bonchev–Trinajstić information content (AvgIpc) is 2.82. The fourth-order valence-electron chi connectivity index (χ4n) is 2.58. The van der Waals surface area contributed by atoms with Crippen molar-refractivity contribution in [2.75, 3.05) is 18.4 Å². The zero-order chi connectivity index (χ0) is 14.1. The van der Waals surface area contributed by atoms with Gasteiger partial charge in [-0.05, 0) is 25.9 Å². The highest BCUT2D eigenvalue weighted by Gasteiger charge is 2.20. The lowest BCUT2D eigenvalue weighted by Crippen LogP contribution is -2.35. The Bertz CT molecular complexity index is 645. The standard InChI is InChI=1S/C13H17N5O2/c1-18-12-9(7-16-18)11(10(6-15-12)13(19)20)17-8-2-4-14-5-3-8/h6-8,14H,2-5H2,1H3,(H,15,17)(H,19,20).